The molecule has 0 saturated carbocycles. The molecule has 6 nitrogen and oxygen atoms in total. The van der Waals surface area contributed by atoms with E-state index in [9.17, 15) is 0 Å². The molecule has 1 aliphatic rings. The van der Waals surface area contributed by atoms with E-state index in [1.807, 2.05) is 24.3 Å². The molecule has 0 aliphatic carbocycles. The van der Waals surface area contributed by atoms with E-state index in [-0.39, 0.29) is 12.7 Å². The van der Waals surface area contributed by atoms with Crippen molar-refractivity contribution in [2.75, 3.05) is 17.8 Å². The molecule has 3 aromatic rings. The van der Waals surface area contributed by atoms with Gasteiger partial charge in [0.25, 0.3) is 0 Å². The van der Waals surface area contributed by atoms with Gasteiger partial charge in [-0.3, -0.25) is 0 Å². The van der Waals surface area contributed by atoms with Gasteiger partial charge in [0.05, 0.1) is 5.69 Å². The predicted molar refractivity (Wildman–Crippen MR) is 106 cm³/mol. The number of aromatic nitrogens is 2. The molecule has 0 spiro atoms. The maximum atomic E-state index is 5.92. The molecule has 0 unspecified atom stereocenters. The second-order valence-electron chi connectivity index (χ2n) is 6.81. The minimum absolute atomic E-state index is 0.244. The van der Waals surface area contributed by atoms with Crippen molar-refractivity contribution in [1.29, 1.82) is 0 Å². The Kier molecular flexibility index (Phi) is 4.54. The number of hydrogen-bond acceptors (Lipinski definition) is 6. The van der Waals surface area contributed by atoms with E-state index in [1.54, 1.807) is 0 Å². The van der Waals surface area contributed by atoms with Gasteiger partial charge in [-0.05, 0) is 29.2 Å². The van der Waals surface area contributed by atoms with Crippen LogP contribution in [0.2, 0.25) is 0 Å². The first-order valence-corrected chi connectivity index (χ1v) is 8.96. The zero-order valence-corrected chi connectivity index (χ0v) is 15.4. The third kappa shape index (κ3) is 3.79. The first-order chi connectivity index (χ1) is 13.1. The average Bonchev–Trinajstić information content (AvgIpc) is 3.14. The van der Waals surface area contributed by atoms with Crippen LogP contribution in [0.1, 0.15) is 30.9 Å². The average molecular weight is 362 g/mol. The lowest BCUT2D eigenvalue weighted by Gasteiger charge is -2.10. The van der Waals surface area contributed by atoms with Crippen LogP contribution in [0.4, 0.5) is 11.8 Å². The Bertz CT molecular complexity index is 955. The van der Waals surface area contributed by atoms with Crippen molar-refractivity contribution < 1.29 is 9.47 Å². The van der Waals surface area contributed by atoms with E-state index in [0.29, 0.717) is 18.3 Å². The van der Waals surface area contributed by atoms with Gasteiger partial charge in [-0.1, -0.05) is 44.2 Å². The quantitative estimate of drug-likeness (QED) is 0.708. The van der Waals surface area contributed by atoms with Crippen molar-refractivity contribution in [3.63, 3.8) is 0 Å². The summed E-state index contributed by atoms with van der Waals surface area (Å²) in [4.78, 5) is 8.66. The van der Waals surface area contributed by atoms with Crippen LogP contribution in [-0.4, -0.2) is 16.8 Å². The molecule has 27 heavy (non-hydrogen) atoms. The molecular weight excluding hydrogens is 340 g/mol. The highest BCUT2D eigenvalue weighted by Gasteiger charge is 2.13. The van der Waals surface area contributed by atoms with E-state index >= 15 is 0 Å². The van der Waals surface area contributed by atoms with Gasteiger partial charge in [-0.25, -0.2) is 4.98 Å². The molecule has 1 aromatic heterocycles. The number of hydrogen-bond donors (Lipinski definition) is 2. The Hall–Kier alpha value is -3.28. The zero-order valence-electron chi connectivity index (χ0n) is 15.4. The molecule has 138 valence electrons. The Morgan fingerprint density at radius 1 is 1.00 bits per heavy atom. The molecule has 6 heteroatoms. The molecule has 2 heterocycles. The normalized spacial score (nSPS) is 12.4. The fraction of sp³-hybridized carbons (Fsp3) is 0.238. The number of fused-ring (bicyclic) bond motifs is 1. The maximum Gasteiger partial charge on any atom is 0.231 e. The summed E-state index contributed by atoms with van der Waals surface area (Å²) < 4.78 is 10.8. The second-order valence-corrected chi connectivity index (χ2v) is 6.81. The monoisotopic (exact) mass is 362 g/mol. The summed E-state index contributed by atoms with van der Waals surface area (Å²) in [5.41, 5.74) is 10.1. The first-order valence-electron chi connectivity index (χ1n) is 8.96. The Balaban J connectivity index is 1.52. The zero-order chi connectivity index (χ0) is 18.8. The highest BCUT2D eigenvalue weighted by Crippen LogP contribution is 2.32. The van der Waals surface area contributed by atoms with Gasteiger partial charge in [0.1, 0.15) is 5.82 Å². The topological polar surface area (TPSA) is 82.3 Å². The van der Waals surface area contributed by atoms with E-state index in [4.69, 9.17) is 15.2 Å². The molecule has 0 fully saturated rings. The second kappa shape index (κ2) is 7.15. The van der Waals surface area contributed by atoms with Crippen molar-refractivity contribution in [3.05, 3.63) is 59.7 Å². The third-order valence-electron chi connectivity index (χ3n) is 4.53. The summed E-state index contributed by atoms with van der Waals surface area (Å²) in [5.74, 6) is 2.96. The van der Waals surface area contributed by atoms with Gasteiger partial charge >= 0.3 is 0 Å². The highest BCUT2D eigenvalue weighted by atomic mass is 16.7. The lowest BCUT2D eigenvalue weighted by atomic mass is 10.0. The lowest BCUT2D eigenvalue weighted by molar-refractivity contribution is 0.174. The lowest BCUT2D eigenvalue weighted by Crippen LogP contribution is -2.05. The number of nitrogens with one attached hydrogen (secondary N) is 1. The van der Waals surface area contributed by atoms with Crippen LogP contribution in [-0.2, 0) is 6.54 Å². The summed E-state index contributed by atoms with van der Waals surface area (Å²) in [6.45, 7) is 5.22. The van der Waals surface area contributed by atoms with Crippen molar-refractivity contribution >= 4 is 11.8 Å². The minimum Gasteiger partial charge on any atom is -0.454 e. The highest BCUT2D eigenvalue weighted by molar-refractivity contribution is 5.64. The molecule has 3 N–H and O–H groups in total. The maximum absolute atomic E-state index is 5.92. The molecular formula is C21H22N4O2. The Morgan fingerprint density at radius 3 is 2.56 bits per heavy atom. The van der Waals surface area contributed by atoms with Crippen LogP contribution in [0.5, 0.6) is 11.5 Å². The van der Waals surface area contributed by atoms with Crippen molar-refractivity contribution in [3.8, 4) is 22.8 Å². The van der Waals surface area contributed by atoms with Crippen molar-refractivity contribution in [2.45, 2.75) is 26.3 Å². The van der Waals surface area contributed by atoms with Crippen molar-refractivity contribution in [2.24, 2.45) is 0 Å². The SMILES string of the molecule is CC(C)c1ccc(-c2cc(NCc3ccc4c(c3)OCO4)nc(N)n2)cc1. The smallest absolute Gasteiger partial charge is 0.231 e. The van der Waals surface area contributed by atoms with E-state index < -0.39 is 0 Å². The molecule has 1 aliphatic heterocycles. The van der Waals surface area contributed by atoms with E-state index in [0.717, 1.165) is 28.3 Å². The number of nitrogen functional groups attached to an aromatic ring is 1. The third-order valence-corrected chi connectivity index (χ3v) is 4.53. The fourth-order valence-corrected chi connectivity index (χ4v) is 2.99. The molecule has 2 aromatic carbocycles. The number of rotatable bonds is 5. The van der Waals surface area contributed by atoms with Crippen LogP contribution >= 0.6 is 0 Å². The molecule has 0 radical (unpaired) electrons. The van der Waals surface area contributed by atoms with Crippen LogP contribution < -0.4 is 20.5 Å². The molecule has 0 saturated heterocycles. The van der Waals surface area contributed by atoms with Crippen LogP contribution in [0.15, 0.2) is 48.5 Å². The minimum atomic E-state index is 0.244. The molecule has 0 bridgehead atoms. The van der Waals surface area contributed by atoms with Gasteiger partial charge in [0.2, 0.25) is 12.7 Å². The first kappa shape index (κ1) is 17.1. The van der Waals surface area contributed by atoms with Gasteiger partial charge < -0.3 is 20.5 Å². The number of nitrogens with zero attached hydrogens (tertiary/aromatic N) is 2. The van der Waals surface area contributed by atoms with Crippen LogP contribution in [0, 0.1) is 0 Å². The van der Waals surface area contributed by atoms with Gasteiger partial charge in [-0.15, -0.1) is 0 Å². The van der Waals surface area contributed by atoms with Gasteiger partial charge in [-0.2, -0.15) is 4.98 Å². The van der Waals surface area contributed by atoms with Crippen LogP contribution in [0.25, 0.3) is 11.3 Å². The summed E-state index contributed by atoms with van der Waals surface area (Å²) in [5, 5.41) is 3.31. The Morgan fingerprint density at radius 2 is 1.78 bits per heavy atom. The molecule has 0 amide bonds. The van der Waals surface area contributed by atoms with Gasteiger partial charge in [0.15, 0.2) is 11.5 Å². The number of nitrogens with two attached hydrogens (primary N) is 1. The summed E-state index contributed by atoms with van der Waals surface area (Å²) in [7, 11) is 0. The molecule has 0 atom stereocenters. The standard InChI is InChI=1S/C21H22N4O2/c1-13(2)15-4-6-16(7-5-15)17-10-20(25-21(22)24-17)23-11-14-3-8-18-19(9-14)27-12-26-18/h3-10,13H,11-12H2,1-2H3,(H3,22,23,24,25). The number of benzene rings is 2. The largest absolute Gasteiger partial charge is 0.454 e. The Labute approximate surface area is 158 Å². The molecule has 4 rings (SSSR count). The summed E-state index contributed by atoms with van der Waals surface area (Å²) >= 11 is 0. The van der Waals surface area contributed by atoms with Crippen LogP contribution in [0.3, 0.4) is 0 Å². The summed E-state index contributed by atoms with van der Waals surface area (Å²) in [6, 6.07) is 16.2. The fourth-order valence-electron chi connectivity index (χ4n) is 2.99. The predicted octanol–water partition coefficient (Wildman–Crippen LogP) is 4.19. The van der Waals surface area contributed by atoms with E-state index in [2.05, 4.69) is 53.4 Å². The number of anilines is 2. The van der Waals surface area contributed by atoms with Crippen molar-refractivity contribution in [1.82, 2.24) is 9.97 Å². The number of ether oxygens (including phenoxy) is 2. The van der Waals surface area contributed by atoms with Gasteiger partial charge in [0, 0.05) is 18.2 Å². The van der Waals surface area contributed by atoms with E-state index in [1.165, 1.54) is 5.56 Å². The summed E-state index contributed by atoms with van der Waals surface area (Å²) in [6.07, 6.45) is 0.